The number of nitrogens with one attached hydrogen (secondary N) is 5. The third-order valence-electron chi connectivity index (χ3n) is 5.43. The summed E-state index contributed by atoms with van der Waals surface area (Å²) >= 11 is 0. The molecule has 198 valence electrons. The smallest absolute Gasteiger partial charge is 0.426 e. The third-order valence-corrected chi connectivity index (χ3v) is 5.43. The Morgan fingerprint density at radius 1 is 1.11 bits per heavy atom. The fourth-order valence-corrected chi connectivity index (χ4v) is 3.67. The SMILES string of the molecule is CC(C)C[C@H](NC(=O)[C@H](CCCNC(=N)N[N+](=O)O)NC(=O)/C=C/c1ccc2ccccc2c1)B(O)O. The second-order valence-corrected chi connectivity index (χ2v) is 8.99. The van der Waals surface area contributed by atoms with Crippen molar-refractivity contribution >= 4 is 41.7 Å². The molecule has 2 amide bonds. The van der Waals surface area contributed by atoms with E-state index in [0.717, 1.165) is 16.3 Å². The van der Waals surface area contributed by atoms with Gasteiger partial charge < -0.3 is 26.0 Å². The van der Waals surface area contributed by atoms with Crippen LogP contribution in [-0.2, 0) is 9.59 Å². The quantitative estimate of drug-likeness (QED) is 0.0484. The summed E-state index contributed by atoms with van der Waals surface area (Å²) in [5, 5.41) is 44.6. The Morgan fingerprint density at radius 2 is 1.81 bits per heavy atom. The van der Waals surface area contributed by atoms with Crippen LogP contribution in [0.4, 0.5) is 0 Å². The van der Waals surface area contributed by atoms with Crippen LogP contribution < -0.4 is 21.4 Å². The molecule has 8 N–H and O–H groups in total. The highest BCUT2D eigenvalue weighted by atomic mass is 16.7. The van der Waals surface area contributed by atoms with Crippen LogP contribution in [0.25, 0.3) is 16.8 Å². The first-order valence-electron chi connectivity index (χ1n) is 11.9. The maximum absolute atomic E-state index is 12.9. The lowest BCUT2D eigenvalue weighted by molar-refractivity contribution is -0.822. The molecule has 2 atom stereocenters. The van der Waals surface area contributed by atoms with E-state index in [1.54, 1.807) is 11.5 Å². The van der Waals surface area contributed by atoms with Crippen molar-refractivity contribution < 1.29 is 29.9 Å². The molecule has 0 aliphatic heterocycles. The Kier molecular flexibility index (Phi) is 11.5. The molecule has 0 unspecified atom stereocenters. The maximum Gasteiger partial charge on any atom is 0.475 e. The number of hydrazine groups is 1. The zero-order chi connectivity index (χ0) is 27.4. The van der Waals surface area contributed by atoms with Gasteiger partial charge in [0, 0.05) is 12.6 Å². The van der Waals surface area contributed by atoms with Crippen molar-refractivity contribution in [3.63, 3.8) is 0 Å². The fraction of sp³-hybridized carbons (Fsp3) is 0.375. The van der Waals surface area contributed by atoms with Gasteiger partial charge in [0.15, 0.2) is 0 Å². The van der Waals surface area contributed by atoms with Crippen molar-refractivity contribution in [1.29, 1.82) is 5.41 Å². The summed E-state index contributed by atoms with van der Waals surface area (Å²) in [7, 11) is -1.77. The molecule has 0 saturated carbocycles. The van der Waals surface area contributed by atoms with Gasteiger partial charge >= 0.3 is 12.2 Å². The Balaban J connectivity index is 2.05. The number of nitrogens with zero attached hydrogens (tertiary/aromatic N) is 1. The topological polar surface area (TPSA) is 187 Å². The lowest BCUT2D eigenvalue weighted by Crippen LogP contribution is -2.54. The fourth-order valence-electron chi connectivity index (χ4n) is 3.67. The summed E-state index contributed by atoms with van der Waals surface area (Å²) in [4.78, 5) is 36.1. The van der Waals surface area contributed by atoms with E-state index < -0.39 is 41.9 Å². The molecule has 0 radical (unpaired) electrons. The van der Waals surface area contributed by atoms with E-state index in [2.05, 4.69) is 16.0 Å². The van der Waals surface area contributed by atoms with E-state index in [1.807, 2.05) is 56.3 Å². The van der Waals surface area contributed by atoms with Crippen molar-refractivity contribution in [2.45, 2.75) is 45.1 Å². The van der Waals surface area contributed by atoms with E-state index in [0.29, 0.717) is 12.8 Å². The molecular weight excluding hydrogens is 479 g/mol. The highest BCUT2D eigenvalue weighted by Gasteiger charge is 2.29. The summed E-state index contributed by atoms with van der Waals surface area (Å²) in [5.74, 6) is -2.37. The zero-order valence-electron chi connectivity index (χ0n) is 20.8. The van der Waals surface area contributed by atoms with Crippen LogP contribution in [0.3, 0.4) is 0 Å². The van der Waals surface area contributed by atoms with E-state index in [-0.39, 0.29) is 18.9 Å². The van der Waals surface area contributed by atoms with Gasteiger partial charge in [-0.05, 0) is 59.1 Å². The van der Waals surface area contributed by atoms with Gasteiger partial charge in [-0.3, -0.25) is 15.0 Å². The minimum Gasteiger partial charge on any atom is -0.426 e. The lowest BCUT2D eigenvalue weighted by atomic mass is 9.75. The number of amides is 2. The number of rotatable bonds is 13. The Labute approximate surface area is 215 Å². The minimum atomic E-state index is -1.77. The van der Waals surface area contributed by atoms with Crippen LogP contribution in [0.2, 0.25) is 0 Å². The highest BCUT2D eigenvalue weighted by molar-refractivity contribution is 6.43. The van der Waals surface area contributed by atoms with E-state index in [1.165, 1.54) is 6.08 Å². The Bertz CT molecular complexity index is 1130. The largest absolute Gasteiger partial charge is 0.475 e. The van der Waals surface area contributed by atoms with E-state index in [9.17, 15) is 24.5 Å². The standard InChI is InChI=1S/C24H33BN6O6/c1-16(2)14-21(25(34)35)29-23(33)20(8-5-13-27-24(26)30-31(36)37)28-22(32)12-10-17-9-11-18-6-3-4-7-19(18)15-17/h3-4,6-7,9-12,15-16,20-21,34-35H,5,8,13-14H2,1-2H3,(H5-,26,27,28,29,30,32,33,36,37)/p+1/b12-10+/t20-,21-/m0/s1. The molecule has 0 aliphatic carbocycles. The molecule has 2 aromatic rings. The van der Waals surface area contributed by atoms with Crippen molar-refractivity contribution in [3.05, 3.63) is 59.0 Å². The summed E-state index contributed by atoms with van der Waals surface area (Å²) in [6.45, 7) is 3.91. The number of hydrogen-bond acceptors (Lipinski definition) is 6. The average Bonchev–Trinajstić information content (AvgIpc) is 2.83. The summed E-state index contributed by atoms with van der Waals surface area (Å²) in [5.41, 5.74) is 2.58. The van der Waals surface area contributed by atoms with Crippen molar-refractivity contribution in [2.24, 2.45) is 5.92 Å². The molecule has 0 spiro atoms. The molecule has 2 rings (SSSR count). The summed E-state index contributed by atoms with van der Waals surface area (Å²) < 4.78 is 0. The number of guanidine groups is 1. The molecular formula is C24H34BN6O6+. The van der Waals surface area contributed by atoms with Crippen LogP contribution in [0, 0.1) is 16.2 Å². The van der Waals surface area contributed by atoms with E-state index >= 15 is 0 Å². The first kappa shape index (κ1) is 29.3. The number of fused-ring (bicyclic) bond motifs is 1. The van der Waals surface area contributed by atoms with Gasteiger partial charge in [0.25, 0.3) is 5.96 Å². The van der Waals surface area contributed by atoms with Crippen LogP contribution in [0.1, 0.15) is 38.7 Å². The molecule has 0 saturated heterocycles. The monoisotopic (exact) mass is 513 g/mol. The van der Waals surface area contributed by atoms with Gasteiger partial charge in [-0.1, -0.05) is 50.2 Å². The molecule has 0 fully saturated rings. The van der Waals surface area contributed by atoms with Crippen LogP contribution >= 0.6 is 0 Å². The predicted octanol–water partition coefficient (Wildman–Crippen LogP) is 0.858. The van der Waals surface area contributed by atoms with Crippen molar-refractivity contribution in [1.82, 2.24) is 21.4 Å². The molecule has 2 aromatic carbocycles. The van der Waals surface area contributed by atoms with Gasteiger partial charge in [0.1, 0.15) is 10.9 Å². The minimum absolute atomic E-state index is 0.0832. The average molecular weight is 513 g/mol. The summed E-state index contributed by atoms with van der Waals surface area (Å²) in [6.07, 6.45) is 3.73. The molecule has 37 heavy (non-hydrogen) atoms. The van der Waals surface area contributed by atoms with E-state index in [4.69, 9.17) is 10.6 Å². The number of carbonyl (C=O) groups excluding carboxylic acids is 2. The highest BCUT2D eigenvalue weighted by Crippen LogP contribution is 2.16. The zero-order valence-corrected chi connectivity index (χ0v) is 20.8. The van der Waals surface area contributed by atoms with Crippen molar-refractivity contribution in [3.8, 4) is 0 Å². The Hall–Kier alpha value is -3.97. The molecule has 13 heteroatoms. The Morgan fingerprint density at radius 3 is 2.46 bits per heavy atom. The third kappa shape index (κ3) is 10.7. The van der Waals surface area contributed by atoms with Gasteiger partial charge in [-0.2, -0.15) is 0 Å². The van der Waals surface area contributed by atoms with Crippen molar-refractivity contribution in [2.75, 3.05) is 6.54 Å². The van der Waals surface area contributed by atoms with Gasteiger partial charge in [-0.25, -0.2) is 5.21 Å². The van der Waals surface area contributed by atoms with Crippen LogP contribution in [0.5, 0.6) is 0 Å². The number of carbonyl (C=O) groups is 2. The second kappa shape index (κ2) is 14.6. The number of hydrogen-bond donors (Lipinski definition) is 8. The van der Waals surface area contributed by atoms with Gasteiger partial charge in [0.05, 0.1) is 5.94 Å². The predicted molar refractivity (Wildman–Crippen MR) is 140 cm³/mol. The second-order valence-electron chi connectivity index (χ2n) is 8.99. The van der Waals surface area contributed by atoms with Gasteiger partial charge in [0.2, 0.25) is 11.8 Å². The lowest BCUT2D eigenvalue weighted by Gasteiger charge is -2.24. The molecule has 0 heterocycles. The molecule has 0 aromatic heterocycles. The number of benzene rings is 2. The first-order chi connectivity index (χ1) is 17.5. The van der Waals surface area contributed by atoms with Gasteiger partial charge in [-0.15, -0.1) is 0 Å². The molecule has 0 bridgehead atoms. The first-order valence-corrected chi connectivity index (χ1v) is 11.9. The molecule has 12 nitrogen and oxygen atoms in total. The van der Waals surface area contributed by atoms with Crippen LogP contribution in [0.15, 0.2) is 48.5 Å². The van der Waals surface area contributed by atoms with Crippen LogP contribution in [-0.4, -0.2) is 63.7 Å². The normalized spacial score (nSPS) is 12.7. The molecule has 0 aliphatic rings. The maximum atomic E-state index is 12.9. The summed E-state index contributed by atoms with van der Waals surface area (Å²) in [6, 6.07) is 12.6.